The second-order valence-corrected chi connectivity index (χ2v) is 8.54. The molecule has 3 fully saturated rings. The van der Waals surface area contributed by atoms with Crippen LogP contribution in [0.3, 0.4) is 0 Å². The Morgan fingerprint density at radius 3 is 2.03 bits per heavy atom. The lowest BCUT2D eigenvalue weighted by molar-refractivity contribution is -0.308. The van der Waals surface area contributed by atoms with Gasteiger partial charge in [0.2, 0.25) is 5.91 Å². The van der Waals surface area contributed by atoms with Crippen LogP contribution in [0.25, 0.3) is 0 Å². The number of piperidine rings is 2. The molecule has 0 aromatic heterocycles. The first kappa shape index (κ1) is 23.0. The SMILES string of the molecule is CN1CCC(NC(=O)[C@@H]2CC23CCN(C(=O)OC(C(F)(F)F)C(F)(F)F)CC3)CC1. The van der Waals surface area contributed by atoms with Crippen molar-refractivity contribution in [2.24, 2.45) is 11.3 Å². The molecular formula is C18H25F6N3O3. The average molecular weight is 445 g/mol. The zero-order valence-electron chi connectivity index (χ0n) is 16.5. The van der Waals surface area contributed by atoms with Gasteiger partial charge in [-0.05, 0) is 57.7 Å². The van der Waals surface area contributed by atoms with Crippen molar-refractivity contribution in [2.45, 2.75) is 56.6 Å². The molecule has 0 bridgehead atoms. The van der Waals surface area contributed by atoms with E-state index >= 15 is 0 Å². The molecule has 1 saturated carbocycles. The molecule has 30 heavy (non-hydrogen) atoms. The third-order valence-corrected chi connectivity index (χ3v) is 6.40. The minimum atomic E-state index is -5.74. The van der Waals surface area contributed by atoms with Crippen LogP contribution < -0.4 is 5.32 Å². The third kappa shape index (κ3) is 5.12. The van der Waals surface area contributed by atoms with E-state index in [1.54, 1.807) is 0 Å². The van der Waals surface area contributed by atoms with Crippen molar-refractivity contribution in [2.75, 3.05) is 33.2 Å². The van der Waals surface area contributed by atoms with E-state index in [1.807, 2.05) is 7.05 Å². The molecule has 2 heterocycles. The molecule has 6 nitrogen and oxygen atoms in total. The van der Waals surface area contributed by atoms with Crippen molar-refractivity contribution in [3.63, 3.8) is 0 Å². The van der Waals surface area contributed by atoms with E-state index in [-0.39, 0.29) is 36.4 Å². The quantitative estimate of drug-likeness (QED) is 0.679. The van der Waals surface area contributed by atoms with Crippen LogP contribution in [0.15, 0.2) is 0 Å². The predicted octanol–water partition coefficient (Wildman–Crippen LogP) is 2.93. The summed E-state index contributed by atoms with van der Waals surface area (Å²) in [6, 6.07) is 0.114. The summed E-state index contributed by atoms with van der Waals surface area (Å²) in [4.78, 5) is 27.4. The Kier molecular flexibility index (Phi) is 6.18. The molecule has 0 aromatic rings. The second-order valence-electron chi connectivity index (χ2n) is 8.54. The van der Waals surface area contributed by atoms with Gasteiger partial charge in [0.25, 0.3) is 6.10 Å². The molecule has 2 aliphatic heterocycles. The number of carbonyl (C=O) groups is 2. The molecule has 2 amide bonds. The molecule has 3 aliphatic rings. The van der Waals surface area contributed by atoms with Crippen LogP contribution in [-0.4, -0.2) is 79.5 Å². The van der Waals surface area contributed by atoms with Crippen molar-refractivity contribution in [3.8, 4) is 0 Å². The summed E-state index contributed by atoms with van der Waals surface area (Å²) in [6.07, 6.45) is -14.2. The fraction of sp³-hybridized carbons (Fsp3) is 0.889. The maximum absolute atomic E-state index is 12.6. The number of hydrogen-bond acceptors (Lipinski definition) is 4. The second kappa shape index (κ2) is 8.08. The number of nitrogens with one attached hydrogen (secondary N) is 1. The number of ether oxygens (including phenoxy) is 1. The number of likely N-dealkylation sites (tertiary alicyclic amines) is 2. The summed E-state index contributed by atoms with van der Waals surface area (Å²) in [7, 11) is 2.01. The molecule has 0 unspecified atom stereocenters. The molecule has 0 aromatic carbocycles. The van der Waals surface area contributed by atoms with Gasteiger partial charge in [-0.1, -0.05) is 0 Å². The first-order valence-corrected chi connectivity index (χ1v) is 9.90. The van der Waals surface area contributed by atoms with Crippen LogP contribution in [0, 0.1) is 11.3 Å². The minimum Gasteiger partial charge on any atom is -0.426 e. The highest BCUT2D eigenvalue weighted by atomic mass is 19.4. The van der Waals surface area contributed by atoms with Gasteiger partial charge in [-0.2, -0.15) is 26.3 Å². The molecule has 0 radical (unpaired) electrons. The number of hydrogen-bond donors (Lipinski definition) is 1. The molecule has 1 aliphatic carbocycles. The van der Waals surface area contributed by atoms with Crippen LogP contribution in [0.4, 0.5) is 31.1 Å². The van der Waals surface area contributed by atoms with Gasteiger partial charge in [0.05, 0.1) is 0 Å². The molecule has 1 N–H and O–H groups in total. The fourth-order valence-electron chi connectivity index (χ4n) is 4.35. The Bertz CT molecular complexity index is 639. The van der Waals surface area contributed by atoms with Gasteiger partial charge in [0, 0.05) is 25.0 Å². The van der Waals surface area contributed by atoms with E-state index in [4.69, 9.17) is 0 Å². The van der Waals surface area contributed by atoms with Crippen molar-refractivity contribution >= 4 is 12.0 Å². The first-order valence-electron chi connectivity index (χ1n) is 9.90. The van der Waals surface area contributed by atoms with Gasteiger partial charge in [-0.3, -0.25) is 4.79 Å². The van der Waals surface area contributed by atoms with Crippen molar-refractivity contribution in [1.82, 2.24) is 15.1 Å². The molecule has 2 saturated heterocycles. The summed E-state index contributed by atoms with van der Waals surface area (Å²) in [5, 5.41) is 3.05. The number of nitrogens with zero attached hydrogens (tertiary/aromatic N) is 2. The predicted molar refractivity (Wildman–Crippen MR) is 92.4 cm³/mol. The van der Waals surface area contributed by atoms with Gasteiger partial charge in [0.1, 0.15) is 0 Å². The van der Waals surface area contributed by atoms with Crippen LogP contribution in [0.2, 0.25) is 0 Å². The fourth-order valence-corrected chi connectivity index (χ4v) is 4.35. The monoisotopic (exact) mass is 445 g/mol. The Morgan fingerprint density at radius 2 is 1.53 bits per heavy atom. The van der Waals surface area contributed by atoms with Crippen LogP contribution >= 0.6 is 0 Å². The zero-order valence-corrected chi connectivity index (χ0v) is 16.5. The van der Waals surface area contributed by atoms with Crippen LogP contribution in [0.1, 0.15) is 32.1 Å². The van der Waals surface area contributed by atoms with Crippen molar-refractivity contribution < 1.29 is 40.7 Å². The number of carbonyl (C=O) groups excluding carboxylic acids is 2. The lowest BCUT2D eigenvalue weighted by atomic mass is 9.90. The Balaban J connectivity index is 1.48. The molecule has 1 spiro atoms. The van der Waals surface area contributed by atoms with Crippen molar-refractivity contribution in [1.29, 1.82) is 0 Å². The standard InChI is InChI=1S/C18H25F6N3O3/c1-26-6-2-11(3-7-26)25-13(28)12-10-16(12)4-8-27(9-5-16)15(29)30-14(17(19,20)21)18(22,23)24/h11-12,14H,2-10H2,1H3,(H,25,28)/t12-/m0/s1. The maximum atomic E-state index is 12.6. The van der Waals surface area contributed by atoms with Crippen LogP contribution in [0.5, 0.6) is 0 Å². The maximum Gasteiger partial charge on any atom is 0.434 e. The smallest absolute Gasteiger partial charge is 0.426 e. The topological polar surface area (TPSA) is 61.9 Å². The Labute approximate surface area is 169 Å². The average Bonchev–Trinajstić information content (AvgIpc) is 3.33. The van der Waals surface area contributed by atoms with E-state index < -0.39 is 24.5 Å². The number of halogens is 6. The molecule has 172 valence electrons. The minimum absolute atomic E-state index is 0.0424. The van der Waals surface area contributed by atoms with Gasteiger partial charge in [-0.25, -0.2) is 4.79 Å². The summed E-state index contributed by atoms with van der Waals surface area (Å²) >= 11 is 0. The summed E-state index contributed by atoms with van der Waals surface area (Å²) < 4.78 is 79.2. The van der Waals surface area contributed by atoms with E-state index in [9.17, 15) is 35.9 Å². The highest BCUT2D eigenvalue weighted by molar-refractivity contribution is 5.83. The van der Waals surface area contributed by atoms with E-state index in [0.717, 1.165) is 30.8 Å². The van der Waals surface area contributed by atoms with Gasteiger partial charge in [0.15, 0.2) is 0 Å². The van der Waals surface area contributed by atoms with E-state index in [0.29, 0.717) is 19.3 Å². The first-order chi connectivity index (χ1) is 13.8. The molecule has 12 heteroatoms. The summed E-state index contributed by atoms with van der Waals surface area (Å²) in [5.41, 5.74) is -0.334. The Hall–Kier alpha value is -1.72. The Morgan fingerprint density at radius 1 is 1.00 bits per heavy atom. The van der Waals surface area contributed by atoms with Crippen molar-refractivity contribution in [3.05, 3.63) is 0 Å². The molecule has 1 atom stereocenters. The molecule has 3 rings (SSSR count). The number of rotatable bonds is 3. The highest BCUT2D eigenvalue weighted by Gasteiger charge is 2.61. The van der Waals surface area contributed by atoms with Crippen LogP contribution in [-0.2, 0) is 9.53 Å². The lowest BCUT2D eigenvalue weighted by Gasteiger charge is -2.34. The zero-order chi connectivity index (χ0) is 22.3. The van der Waals surface area contributed by atoms with E-state index in [1.165, 1.54) is 0 Å². The number of amides is 2. The van der Waals surface area contributed by atoms with Gasteiger partial charge in [-0.15, -0.1) is 0 Å². The summed E-state index contributed by atoms with van der Waals surface area (Å²) in [5.74, 6) is -0.289. The third-order valence-electron chi connectivity index (χ3n) is 6.40. The highest BCUT2D eigenvalue weighted by Crippen LogP contribution is 2.59. The van der Waals surface area contributed by atoms with Gasteiger partial charge >= 0.3 is 18.4 Å². The summed E-state index contributed by atoms with van der Waals surface area (Å²) in [6.45, 7) is 1.71. The number of alkyl halides is 6. The molecular weight excluding hydrogens is 420 g/mol. The van der Waals surface area contributed by atoms with E-state index in [2.05, 4.69) is 15.0 Å². The van der Waals surface area contributed by atoms with Gasteiger partial charge < -0.3 is 19.9 Å². The lowest BCUT2D eigenvalue weighted by Crippen LogP contribution is -2.49. The normalized spacial score (nSPS) is 25.5. The largest absolute Gasteiger partial charge is 0.434 e.